The number of unbranched alkanes of at least 4 members (excludes halogenated alkanes) is 12. The van der Waals surface area contributed by atoms with Gasteiger partial charge < -0.3 is 52.1 Å². The van der Waals surface area contributed by atoms with Crippen molar-refractivity contribution >= 4 is 5.97 Å². The second-order valence-electron chi connectivity index (χ2n) is 12.4. The SMILES string of the molecule is C=CC(=O)OCCOCCOCCOCCOCCOCCOCCOCCOCCOCCOCCCCCCCCC=CCCCCCCCC. The van der Waals surface area contributed by atoms with Crippen molar-refractivity contribution in [2.45, 2.75) is 96.8 Å². The second kappa shape index (κ2) is 48.6. The summed E-state index contributed by atoms with van der Waals surface area (Å²) in [6, 6.07) is 0. The Morgan fingerprint density at radius 1 is 0.358 bits per heavy atom. The maximum atomic E-state index is 10.9. The molecule has 0 radical (unpaired) electrons. The van der Waals surface area contributed by atoms with Crippen LogP contribution in [-0.4, -0.2) is 145 Å². The van der Waals surface area contributed by atoms with E-state index in [1.807, 2.05) is 0 Å². The van der Waals surface area contributed by atoms with Crippen LogP contribution in [0.2, 0.25) is 0 Å². The molecule has 0 rings (SSSR count). The third-order valence-corrected chi connectivity index (χ3v) is 7.79. The Hall–Kier alpha value is -1.45. The molecule has 0 saturated carbocycles. The summed E-state index contributed by atoms with van der Waals surface area (Å²) in [5, 5.41) is 0. The molecule has 0 aliphatic heterocycles. The van der Waals surface area contributed by atoms with E-state index >= 15 is 0 Å². The minimum absolute atomic E-state index is 0.201. The van der Waals surface area contributed by atoms with Gasteiger partial charge in [0, 0.05) is 12.7 Å². The molecule has 0 bridgehead atoms. The lowest BCUT2D eigenvalue weighted by Gasteiger charge is -2.09. The molecule has 0 aromatic carbocycles. The highest BCUT2D eigenvalue weighted by molar-refractivity contribution is 5.81. The molecule has 0 fully saturated rings. The fourth-order valence-corrected chi connectivity index (χ4v) is 4.79. The predicted molar refractivity (Wildman–Crippen MR) is 209 cm³/mol. The fraction of sp³-hybridized carbons (Fsp3) is 0.878. The van der Waals surface area contributed by atoms with Crippen molar-refractivity contribution in [3.05, 3.63) is 24.8 Å². The molecule has 0 amide bonds. The molecule has 0 aliphatic carbocycles. The minimum atomic E-state index is -0.456. The van der Waals surface area contributed by atoms with Gasteiger partial charge in [0.05, 0.1) is 126 Å². The van der Waals surface area contributed by atoms with Gasteiger partial charge in [0.1, 0.15) is 6.61 Å². The maximum Gasteiger partial charge on any atom is 0.330 e. The van der Waals surface area contributed by atoms with E-state index in [1.165, 1.54) is 83.5 Å². The molecule has 0 saturated heterocycles. The third-order valence-electron chi connectivity index (χ3n) is 7.79. The lowest BCUT2D eigenvalue weighted by molar-refractivity contribution is -0.139. The first-order chi connectivity index (χ1) is 26.3. The van der Waals surface area contributed by atoms with Crippen molar-refractivity contribution in [3.63, 3.8) is 0 Å². The zero-order chi connectivity index (χ0) is 38.2. The van der Waals surface area contributed by atoms with Crippen LogP contribution in [0.1, 0.15) is 96.8 Å². The topological polar surface area (TPSA) is 119 Å². The Kier molecular flexibility index (Phi) is 47.2. The van der Waals surface area contributed by atoms with E-state index in [1.54, 1.807) is 0 Å². The molecule has 0 unspecified atom stereocenters. The molecule has 0 N–H and O–H groups in total. The van der Waals surface area contributed by atoms with E-state index in [0.717, 1.165) is 19.1 Å². The van der Waals surface area contributed by atoms with E-state index in [2.05, 4.69) is 25.7 Å². The van der Waals surface area contributed by atoms with Crippen molar-refractivity contribution in [1.29, 1.82) is 0 Å². The van der Waals surface area contributed by atoms with Crippen molar-refractivity contribution < 1.29 is 56.9 Å². The largest absolute Gasteiger partial charge is 0.460 e. The van der Waals surface area contributed by atoms with Gasteiger partial charge in [-0.15, -0.1) is 0 Å². The van der Waals surface area contributed by atoms with Crippen LogP contribution in [0.15, 0.2) is 24.8 Å². The van der Waals surface area contributed by atoms with Crippen LogP contribution in [0.3, 0.4) is 0 Å². The summed E-state index contributed by atoms with van der Waals surface area (Å²) < 4.78 is 59.7. The van der Waals surface area contributed by atoms with Crippen LogP contribution >= 0.6 is 0 Å². The van der Waals surface area contributed by atoms with E-state index < -0.39 is 5.97 Å². The van der Waals surface area contributed by atoms with Gasteiger partial charge in [-0.3, -0.25) is 0 Å². The minimum Gasteiger partial charge on any atom is -0.460 e. The van der Waals surface area contributed by atoms with Gasteiger partial charge in [-0.1, -0.05) is 83.4 Å². The van der Waals surface area contributed by atoms with Crippen molar-refractivity contribution in [3.8, 4) is 0 Å². The van der Waals surface area contributed by atoms with Gasteiger partial charge in [-0.25, -0.2) is 4.79 Å². The molecule has 314 valence electrons. The van der Waals surface area contributed by atoms with Gasteiger partial charge in [-0.2, -0.15) is 0 Å². The highest BCUT2D eigenvalue weighted by Gasteiger charge is 1.98. The molecular weight excluding hydrogens is 684 g/mol. The molecule has 12 nitrogen and oxygen atoms in total. The Morgan fingerprint density at radius 3 is 0.943 bits per heavy atom. The number of esters is 1. The molecule has 0 aliphatic rings. The maximum absolute atomic E-state index is 10.9. The van der Waals surface area contributed by atoms with Crippen LogP contribution in [0.4, 0.5) is 0 Å². The summed E-state index contributed by atoms with van der Waals surface area (Å²) in [6.45, 7) is 16.2. The summed E-state index contributed by atoms with van der Waals surface area (Å²) >= 11 is 0. The first-order valence-electron chi connectivity index (χ1n) is 20.5. The molecule has 0 aromatic rings. The van der Waals surface area contributed by atoms with Crippen LogP contribution in [0.5, 0.6) is 0 Å². The van der Waals surface area contributed by atoms with E-state index in [0.29, 0.717) is 126 Å². The summed E-state index contributed by atoms with van der Waals surface area (Å²) in [6.07, 6.45) is 24.4. The van der Waals surface area contributed by atoms with Crippen molar-refractivity contribution in [2.24, 2.45) is 0 Å². The third kappa shape index (κ3) is 48.5. The second-order valence-corrected chi connectivity index (χ2v) is 12.4. The molecule has 53 heavy (non-hydrogen) atoms. The van der Waals surface area contributed by atoms with Crippen LogP contribution in [-0.2, 0) is 56.9 Å². The van der Waals surface area contributed by atoms with Gasteiger partial charge in [0.25, 0.3) is 0 Å². The lowest BCUT2D eigenvalue weighted by Crippen LogP contribution is -2.15. The summed E-state index contributed by atoms with van der Waals surface area (Å²) in [5.74, 6) is -0.456. The van der Waals surface area contributed by atoms with Gasteiger partial charge in [0.15, 0.2) is 0 Å². The Morgan fingerprint density at radius 2 is 0.623 bits per heavy atom. The smallest absolute Gasteiger partial charge is 0.330 e. The number of allylic oxidation sites excluding steroid dienone is 2. The zero-order valence-electron chi connectivity index (χ0n) is 33.6. The number of ether oxygens (including phenoxy) is 11. The van der Waals surface area contributed by atoms with E-state index in [4.69, 9.17) is 52.1 Å². The van der Waals surface area contributed by atoms with Gasteiger partial charge in [0.2, 0.25) is 0 Å². The van der Waals surface area contributed by atoms with Gasteiger partial charge in [-0.05, 0) is 32.1 Å². The number of hydrogen-bond acceptors (Lipinski definition) is 12. The number of rotatable bonds is 47. The van der Waals surface area contributed by atoms with Crippen molar-refractivity contribution in [2.75, 3.05) is 139 Å². The highest BCUT2D eigenvalue weighted by Crippen LogP contribution is 2.10. The zero-order valence-corrected chi connectivity index (χ0v) is 33.6. The standard InChI is InChI=1S/C41H78O12/c1-3-5-6-7-8-9-10-11-12-13-14-15-16-17-18-19-20-43-21-22-44-23-24-45-25-26-46-27-28-47-29-30-48-31-32-49-33-34-50-35-36-51-37-38-52-39-40-53-41(42)4-2/h4,11-12H,2-3,5-10,13-40H2,1H3. The summed E-state index contributed by atoms with van der Waals surface area (Å²) in [7, 11) is 0. The Labute approximate surface area is 322 Å². The molecule has 0 aromatic heterocycles. The Bertz CT molecular complexity index is 740. The molecular formula is C41H78O12. The lowest BCUT2D eigenvalue weighted by atomic mass is 10.1. The number of carbonyl (C=O) groups is 1. The van der Waals surface area contributed by atoms with Crippen LogP contribution in [0.25, 0.3) is 0 Å². The molecule has 0 atom stereocenters. The first-order valence-corrected chi connectivity index (χ1v) is 20.5. The molecule has 0 spiro atoms. The normalized spacial score (nSPS) is 11.6. The summed E-state index contributed by atoms with van der Waals surface area (Å²) in [5.41, 5.74) is 0. The fourth-order valence-electron chi connectivity index (χ4n) is 4.79. The molecule has 12 heteroatoms. The van der Waals surface area contributed by atoms with E-state index in [-0.39, 0.29) is 6.61 Å². The predicted octanol–water partition coefficient (Wildman–Crippen LogP) is 6.92. The average Bonchev–Trinajstić information content (AvgIpc) is 3.17. The van der Waals surface area contributed by atoms with Crippen molar-refractivity contribution in [1.82, 2.24) is 0 Å². The van der Waals surface area contributed by atoms with Gasteiger partial charge >= 0.3 is 5.97 Å². The Balaban J connectivity index is 3.08. The number of carbonyl (C=O) groups excluding carboxylic acids is 1. The quantitative estimate of drug-likeness (QED) is 0.0277. The average molecular weight is 763 g/mol. The van der Waals surface area contributed by atoms with Crippen LogP contribution in [0, 0.1) is 0 Å². The monoisotopic (exact) mass is 763 g/mol. The highest BCUT2D eigenvalue weighted by atomic mass is 16.6. The van der Waals surface area contributed by atoms with Crippen LogP contribution < -0.4 is 0 Å². The summed E-state index contributed by atoms with van der Waals surface area (Å²) in [4.78, 5) is 10.9. The van der Waals surface area contributed by atoms with E-state index in [9.17, 15) is 4.79 Å². The number of hydrogen-bond donors (Lipinski definition) is 0. The first kappa shape index (κ1) is 51.5. The molecule has 0 heterocycles.